The van der Waals surface area contributed by atoms with Gasteiger partial charge >= 0.3 is 5.82 Å². The Morgan fingerprint density at radius 3 is 2.85 bits per heavy atom. The highest BCUT2D eigenvalue weighted by atomic mass is 79.9. The minimum absolute atomic E-state index is 0.0151. The maximum atomic E-state index is 11.9. The fourth-order valence-corrected chi connectivity index (χ4v) is 2.33. The zero-order valence-electron chi connectivity index (χ0n) is 10.6. The van der Waals surface area contributed by atoms with E-state index in [-0.39, 0.29) is 16.0 Å². The number of aromatic amines is 1. The summed E-state index contributed by atoms with van der Waals surface area (Å²) < 4.78 is 5.29. The maximum absolute atomic E-state index is 11.9. The summed E-state index contributed by atoms with van der Waals surface area (Å²) in [6, 6.07) is 0. The van der Waals surface area contributed by atoms with Crippen molar-refractivity contribution < 1.29 is 14.5 Å². The molecule has 1 aliphatic heterocycles. The first-order chi connectivity index (χ1) is 9.59. The predicted octanol–water partition coefficient (Wildman–Crippen LogP) is 0.142. The van der Waals surface area contributed by atoms with Crippen LogP contribution in [0.1, 0.15) is 10.5 Å². The normalized spacial score (nSPS) is 16.1. The summed E-state index contributed by atoms with van der Waals surface area (Å²) in [7, 11) is 0. The Labute approximate surface area is 122 Å². The molecule has 0 atom stereocenters. The molecular weight excluding hydrogens is 334 g/mol. The molecule has 10 heteroatoms. The number of nitrogens with one attached hydrogen (secondary N) is 2. The van der Waals surface area contributed by atoms with Crippen LogP contribution in [0.5, 0.6) is 0 Å². The van der Waals surface area contributed by atoms with E-state index in [4.69, 9.17) is 4.74 Å². The van der Waals surface area contributed by atoms with E-state index in [1.807, 2.05) is 0 Å². The van der Waals surface area contributed by atoms with Gasteiger partial charge in [-0.25, -0.2) is 0 Å². The number of halogens is 1. The van der Waals surface area contributed by atoms with E-state index >= 15 is 0 Å². The smallest absolute Gasteiger partial charge is 0.357 e. The van der Waals surface area contributed by atoms with Gasteiger partial charge in [-0.05, 0) is 20.9 Å². The van der Waals surface area contributed by atoms with Crippen LogP contribution in [-0.2, 0) is 4.74 Å². The van der Waals surface area contributed by atoms with Gasteiger partial charge in [-0.2, -0.15) is 0 Å². The first-order valence-electron chi connectivity index (χ1n) is 6.06. The van der Waals surface area contributed by atoms with Gasteiger partial charge in [0.05, 0.1) is 13.2 Å². The summed E-state index contributed by atoms with van der Waals surface area (Å²) in [4.78, 5) is 24.0. The minimum Gasteiger partial charge on any atom is -0.379 e. The van der Waals surface area contributed by atoms with Crippen molar-refractivity contribution in [3.05, 3.63) is 20.3 Å². The van der Waals surface area contributed by atoms with Crippen molar-refractivity contribution in [1.82, 2.24) is 20.4 Å². The zero-order valence-corrected chi connectivity index (χ0v) is 12.2. The molecule has 1 aromatic rings. The highest BCUT2D eigenvalue weighted by molar-refractivity contribution is 9.10. The standard InChI is InChI=1S/C10H14BrN5O4/c11-7-8(13-14-9(7)16(18)19)10(17)12-1-2-15-3-5-20-6-4-15/h1-6H2,(H,12,17)(H,13,14). The molecule has 2 rings (SSSR count). The third-order valence-electron chi connectivity index (χ3n) is 2.90. The minimum atomic E-state index is -0.637. The van der Waals surface area contributed by atoms with Crippen LogP contribution >= 0.6 is 15.9 Å². The van der Waals surface area contributed by atoms with Crippen molar-refractivity contribution in [2.24, 2.45) is 0 Å². The molecule has 0 radical (unpaired) electrons. The van der Waals surface area contributed by atoms with Crippen molar-refractivity contribution in [3.63, 3.8) is 0 Å². The SMILES string of the molecule is O=C(NCCN1CCOCC1)c1n[nH]c([N+](=O)[O-])c1Br. The molecule has 0 spiro atoms. The third kappa shape index (κ3) is 3.52. The molecule has 0 unspecified atom stereocenters. The Bertz CT molecular complexity index is 500. The van der Waals surface area contributed by atoms with Crippen molar-refractivity contribution >= 4 is 27.7 Å². The van der Waals surface area contributed by atoms with Crippen molar-refractivity contribution in [1.29, 1.82) is 0 Å². The molecule has 1 aliphatic rings. The number of carbonyl (C=O) groups excluding carboxylic acids is 1. The number of H-pyrrole nitrogens is 1. The number of nitro groups is 1. The molecule has 0 aliphatic carbocycles. The fraction of sp³-hybridized carbons (Fsp3) is 0.600. The van der Waals surface area contributed by atoms with Gasteiger partial charge in [-0.3, -0.25) is 9.69 Å². The number of aromatic nitrogens is 2. The molecule has 0 bridgehead atoms. The second-order valence-corrected chi connectivity index (χ2v) is 4.99. The number of hydrogen-bond donors (Lipinski definition) is 2. The van der Waals surface area contributed by atoms with Gasteiger partial charge in [-0.1, -0.05) is 5.10 Å². The lowest BCUT2D eigenvalue weighted by Crippen LogP contribution is -2.41. The van der Waals surface area contributed by atoms with Crippen LogP contribution in [0.3, 0.4) is 0 Å². The van der Waals surface area contributed by atoms with Crippen LogP contribution in [0.4, 0.5) is 5.82 Å². The van der Waals surface area contributed by atoms with Crippen molar-refractivity contribution in [3.8, 4) is 0 Å². The second-order valence-electron chi connectivity index (χ2n) is 4.20. The fourth-order valence-electron chi connectivity index (χ4n) is 1.83. The number of carbonyl (C=O) groups is 1. The summed E-state index contributed by atoms with van der Waals surface area (Å²) in [5, 5.41) is 19.2. The van der Waals surface area contributed by atoms with Crippen molar-refractivity contribution in [2.75, 3.05) is 39.4 Å². The van der Waals surface area contributed by atoms with Crippen LogP contribution in [0.15, 0.2) is 4.47 Å². The molecule has 20 heavy (non-hydrogen) atoms. The van der Waals surface area contributed by atoms with Crippen LogP contribution in [0.2, 0.25) is 0 Å². The molecule has 9 nitrogen and oxygen atoms in total. The first-order valence-corrected chi connectivity index (χ1v) is 6.85. The van der Waals surface area contributed by atoms with E-state index in [1.54, 1.807) is 0 Å². The topological polar surface area (TPSA) is 113 Å². The highest BCUT2D eigenvalue weighted by Gasteiger charge is 2.24. The van der Waals surface area contributed by atoms with Crippen molar-refractivity contribution in [2.45, 2.75) is 0 Å². The van der Waals surface area contributed by atoms with E-state index in [1.165, 1.54) is 0 Å². The lowest BCUT2D eigenvalue weighted by atomic mass is 10.3. The molecule has 0 saturated carbocycles. The molecule has 2 N–H and O–H groups in total. The summed E-state index contributed by atoms with van der Waals surface area (Å²) in [6.45, 7) is 4.24. The predicted molar refractivity (Wildman–Crippen MR) is 72.5 cm³/mol. The van der Waals surface area contributed by atoms with Gasteiger partial charge in [-0.15, -0.1) is 5.10 Å². The largest absolute Gasteiger partial charge is 0.379 e. The number of ether oxygens (including phenoxy) is 1. The summed E-state index contributed by atoms with van der Waals surface area (Å²) in [6.07, 6.45) is 0. The molecule has 1 saturated heterocycles. The maximum Gasteiger partial charge on any atom is 0.357 e. The molecule has 1 amide bonds. The molecule has 1 aromatic heterocycles. The average molecular weight is 348 g/mol. The Hall–Kier alpha value is -1.52. The summed E-state index contributed by atoms with van der Waals surface area (Å²) in [5.41, 5.74) is -0.0151. The van der Waals surface area contributed by atoms with Crippen LogP contribution in [0, 0.1) is 10.1 Å². The van der Waals surface area contributed by atoms with Gasteiger partial charge in [0.25, 0.3) is 5.91 Å². The van der Waals surface area contributed by atoms with Crippen LogP contribution in [0.25, 0.3) is 0 Å². The lowest BCUT2D eigenvalue weighted by molar-refractivity contribution is -0.390. The molecule has 1 fully saturated rings. The second kappa shape index (κ2) is 6.77. The number of rotatable bonds is 5. The third-order valence-corrected chi connectivity index (χ3v) is 3.66. The quantitative estimate of drug-likeness (QED) is 0.578. The molecule has 2 heterocycles. The van der Waals surface area contributed by atoms with Gasteiger partial charge in [0.15, 0.2) is 5.69 Å². The number of morpholine rings is 1. The number of hydrogen-bond acceptors (Lipinski definition) is 6. The van der Waals surface area contributed by atoms with Gasteiger partial charge in [0.1, 0.15) is 4.47 Å². The van der Waals surface area contributed by atoms with Gasteiger partial charge in [0.2, 0.25) is 0 Å². The number of nitrogens with zero attached hydrogens (tertiary/aromatic N) is 3. The molecular formula is C10H14BrN5O4. The summed E-state index contributed by atoms with van der Waals surface area (Å²) >= 11 is 3.00. The van der Waals surface area contributed by atoms with Crippen LogP contribution in [-0.4, -0.2) is 65.3 Å². The highest BCUT2D eigenvalue weighted by Crippen LogP contribution is 2.25. The monoisotopic (exact) mass is 347 g/mol. The van der Waals surface area contributed by atoms with E-state index in [2.05, 4.69) is 36.3 Å². The Balaban J connectivity index is 1.84. The Morgan fingerprint density at radius 2 is 2.25 bits per heavy atom. The van der Waals surface area contributed by atoms with Gasteiger partial charge < -0.3 is 20.2 Å². The van der Waals surface area contributed by atoms with E-state index < -0.39 is 10.8 Å². The average Bonchev–Trinajstić information content (AvgIpc) is 2.82. The van der Waals surface area contributed by atoms with E-state index in [0.29, 0.717) is 26.3 Å². The molecule has 0 aromatic carbocycles. The number of amides is 1. The Morgan fingerprint density at radius 1 is 1.55 bits per heavy atom. The summed E-state index contributed by atoms with van der Waals surface area (Å²) in [5.74, 6) is -0.780. The first kappa shape index (κ1) is 14.9. The Kier molecular flexibility index (Phi) is 5.04. The van der Waals surface area contributed by atoms with E-state index in [9.17, 15) is 14.9 Å². The van der Waals surface area contributed by atoms with Gasteiger partial charge in [0, 0.05) is 26.2 Å². The van der Waals surface area contributed by atoms with Crippen LogP contribution < -0.4 is 5.32 Å². The zero-order chi connectivity index (χ0) is 14.5. The lowest BCUT2D eigenvalue weighted by Gasteiger charge is -2.26. The molecule has 110 valence electrons. The van der Waals surface area contributed by atoms with E-state index in [0.717, 1.165) is 13.1 Å².